The molecule has 3 heterocycles. The number of rotatable bonds is 5. The first kappa shape index (κ1) is 17.6. The monoisotopic (exact) mass is 369 g/mol. The van der Waals surface area contributed by atoms with Crippen molar-refractivity contribution >= 4 is 28.9 Å². The predicted molar refractivity (Wildman–Crippen MR) is 97.3 cm³/mol. The summed E-state index contributed by atoms with van der Waals surface area (Å²) in [6.45, 7) is 3.67. The number of aromatic carboxylic acids is 1. The van der Waals surface area contributed by atoms with Crippen molar-refractivity contribution < 1.29 is 19.4 Å². The Hall–Kier alpha value is -3.26. The molecule has 8 heteroatoms. The summed E-state index contributed by atoms with van der Waals surface area (Å²) in [6.07, 6.45) is 2.99. The lowest BCUT2D eigenvalue weighted by atomic mass is 10.2. The lowest BCUT2D eigenvalue weighted by Crippen LogP contribution is -2.12. The summed E-state index contributed by atoms with van der Waals surface area (Å²) in [5, 5.41) is 12.2. The number of carboxylic acid groups (broad SMARTS) is 1. The molecule has 0 aliphatic heterocycles. The van der Waals surface area contributed by atoms with Crippen LogP contribution in [0.4, 0.5) is 5.69 Å². The molecule has 3 aromatic rings. The van der Waals surface area contributed by atoms with E-state index in [1.165, 1.54) is 18.5 Å². The highest BCUT2D eigenvalue weighted by Gasteiger charge is 2.18. The topological polar surface area (TPSA) is 101 Å². The zero-order valence-electron chi connectivity index (χ0n) is 14.0. The van der Waals surface area contributed by atoms with E-state index >= 15 is 0 Å². The molecule has 132 valence electrons. The van der Waals surface area contributed by atoms with Gasteiger partial charge in [0.15, 0.2) is 0 Å². The number of aromatic nitrogens is 2. The van der Waals surface area contributed by atoms with Crippen LogP contribution in [0.25, 0.3) is 0 Å². The van der Waals surface area contributed by atoms with Gasteiger partial charge in [-0.2, -0.15) is 0 Å². The van der Waals surface area contributed by atoms with Gasteiger partial charge in [0.1, 0.15) is 10.6 Å². The number of carbonyl (C=O) groups excluding carboxylic acids is 1. The highest BCUT2D eigenvalue weighted by molar-refractivity contribution is 7.16. The molecule has 0 spiro atoms. The van der Waals surface area contributed by atoms with Crippen LogP contribution >= 0.6 is 11.3 Å². The summed E-state index contributed by atoms with van der Waals surface area (Å²) in [6, 6.07) is 8.23. The molecule has 3 aromatic heterocycles. The van der Waals surface area contributed by atoms with E-state index in [2.05, 4.69) is 15.3 Å². The van der Waals surface area contributed by atoms with Gasteiger partial charge in [-0.3, -0.25) is 14.8 Å². The molecule has 0 aliphatic rings. The molecular weight excluding hydrogens is 354 g/mol. The Morgan fingerprint density at radius 3 is 2.35 bits per heavy atom. The Labute approximate surface area is 153 Å². The molecule has 0 fully saturated rings. The van der Waals surface area contributed by atoms with Crippen LogP contribution in [0.3, 0.4) is 0 Å². The average molecular weight is 369 g/mol. The second kappa shape index (κ2) is 7.32. The molecule has 0 aromatic carbocycles. The molecule has 26 heavy (non-hydrogen) atoms. The van der Waals surface area contributed by atoms with Gasteiger partial charge in [-0.15, -0.1) is 0 Å². The zero-order valence-corrected chi connectivity index (χ0v) is 14.8. The number of pyridine rings is 2. The van der Waals surface area contributed by atoms with Crippen molar-refractivity contribution in [2.24, 2.45) is 0 Å². The van der Waals surface area contributed by atoms with E-state index in [-0.39, 0.29) is 15.6 Å². The van der Waals surface area contributed by atoms with Crippen molar-refractivity contribution in [2.75, 3.05) is 5.32 Å². The number of hydrogen-bond donors (Lipinski definition) is 2. The highest BCUT2D eigenvalue weighted by Crippen LogP contribution is 2.38. The minimum atomic E-state index is -1.10. The fourth-order valence-electron chi connectivity index (χ4n) is 2.06. The number of anilines is 1. The third-order valence-electron chi connectivity index (χ3n) is 3.43. The fourth-order valence-corrected chi connectivity index (χ4v) is 2.88. The lowest BCUT2D eigenvalue weighted by Gasteiger charge is -2.08. The molecule has 0 saturated carbocycles. The Morgan fingerprint density at radius 1 is 1.08 bits per heavy atom. The van der Waals surface area contributed by atoms with E-state index in [1.807, 2.05) is 13.8 Å². The van der Waals surface area contributed by atoms with Gasteiger partial charge < -0.3 is 15.2 Å². The van der Waals surface area contributed by atoms with Crippen molar-refractivity contribution in [3.63, 3.8) is 0 Å². The van der Waals surface area contributed by atoms with E-state index in [9.17, 15) is 14.7 Å². The van der Waals surface area contributed by atoms with Gasteiger partial charge in [-0.1, -0.05) is 11.3 Å². The second-order valence-electron chi connectivity index (χ2n) is 5.50. The third kappa shape index (κ3) is 4.04. The van der Waals surface area contributed by atoms with Crippen LogP contribution in [0.2, 0.25) is 0 Å². The molecule has 0 atom stereocenters. The zero-order chi connectivity index (χ0) is 18.7. The van der Waals surface area contributed by atoms with Crippen molar-refractivity contribution in [2.45, 2.75) is 13.8 Å². The largest absolute Gasteiger partial charge is 0.477 e. The van der Waals surface area contributed by atoms with E-state index in [1.54, 1.807) is 24.3 Å². The maximum Gasteiger partial charge on any atom is 0.346 e. The summed E-state index contributed by atoms with van der Waals surface area (Å²) in [5.41, 5.74) is 2.26. The Balaban J connectivity index is 1.87. The quantitative estimate of drug-likeness (QED) is 0.707. The molecule has 0 unspecified atom stereocenters. The Kier molecular flexibility index (Phi) is 4.94. The van der Waals surface area contributed by atoms with E-state index in [0.717, 1.165) is 22.7 Å². The number of thiophene rings is 1. The van der Waals surface area contributed by atoms with Gasteiger partial charge in [-0.25, -0.2) is 4.79 Å². The number of nitrogens with one attached hydrogen (secondary N) is 1. The minimum absolute atomic E-state index is 0.0531. The lowest BCUT2D eigenvalue weighted by molar-refractivity contribution is 0.0701. The van der Waals surface area contributed by atoms with Crippen LogP contribution < -0.4 is 10.1 Å². The van der Waals surface area contributed by atoms with E-state index < -0.39 is 11.9 Å². The Bertz CT molecular complexity index is 950. The first-order valence-corrected chi connectivity index (χ1v) is 8.45. The standard InChI is InChI=1S/C18H15N3O4S/c1-10-3-5-12(8-19-10)16(22)21-14-7-15(17(23)24)26-18(14)25-13-6-4-11(2)20-9-13/h3-9H,1-2H3,(H,21,22)(H,23,24). The first-order chi connectivity index (χ1) is 12.4. The molecular formula is C18H15N3O4S. The van der Waals surface area contributed by atoms with Crippen molar-refractivity contribution in [1.29, 1.82) is 0 Å². The number of aryl methyl sites for hydroxylation is 2. The highest BCUT2D eigenvalue weighted by atomic mass is 32.1. The van der Waals surface area contributed by atoms with Gasteiger partial charge in [0, 0.05) is 17.6 Å². The molecule has 0 saturated heterocycles. The maximum absolute atomic E-state index is 12.4. The van der Waals surface area contributed by atoms with E-state index in [4.69, 9.17) is 4.74 Å². The average Bonchev–Trinajstić information content (AvgIpc) is 3.00. The second-order valence-corrected chi connectivity index (χ2v) is 6.51. The summed E-state index contributed by atoms with van der Waals surface area (Å²) >= 11 is 0.926. The van der Waals surface area contributed by atoms with Crippen LogP contribution in [0.1, 0.15) is 31.4 Å². The van der Waals surface area contributed by atoms with Gasteiger partial charge in [-0.05, 0) is 44.2 Å². The third-order valence-corrected chi connectivity index (χ3v) is 4.43. The summed E-state index contributed by atoms with van der Waals surface area (Å²) < 4.78 is 5.71. The Morgan fingerprint density at radius 2 is 1.77 bits per heavy atom. The van der Waals surface area contributed by atoms with Crippen molar-refractivity contribution in [3.8, 4) is 10.8 Å². The van der Waals surface area contributed by atoms with Gasteiger partial charge in [0.05, 0.1) is 17.4 Å². The molecule has 2 N–H and O–H groups in total. The van der Waals surface area contributed by atoms with Gasteiger partial charge in [0.2, 0.25) is 5.06 Å². The SMILES string of the molecule is Cc1ccc(Oc2sc(C(=O)O)cc2NC(=O)c2ccc(C)nc2)cn1. The number of nitrogens with zero attached hydrogens (tertiary/aromatic N) is 2. The number of carboxylic acids is 1. The molecule has 7 nitrogen and oxygen atoms in total. The first-order valence-electron chi connectivity index (χ1n) is 7.64. The summed E-state index contributed by atoms with van der Waals surface area (Å²) in [4.78, 5) is 31.9. The number of hydrogen-bond acceptors (Lipinski definition) is 6. The molecule has 3 rings (SSSR count). The molecule has 0 radical (unpaired) electrons. The number of ether oxygens (including phenoxy) is 1. The maximum atomic E-state index is 12.4. The summed E-state index contributed by atoms with van der Waals surface area (Å²) in [7, 11) is 0. The van der Waals surface area contributed by atoms with Crippen LogP contribution in [0, 0.1) is 13.8 Å². The van der Waals surface area contributed by atoms with Crippen LogP contribution in [0.15, 0.2) is 42.7 Å². The normalized spacial score (nSPS) is 10.4. The molecule has 0 aliphatic carbocycles. The van der Waals surface area contributed by atoms with Crippen LogP contribution in [-0.4, -0.2) is 27.0 Å². The molecule has 0 bridgehead atoms. The van der Waals surface area contributed by atoms with Crippen molar-refractivity contribution in [1.82, 2.24) is 9.97 Å². The number of carbonyl (C=O) groups is 2. The summed E-state index contributed by atoms with van der Waals surface area (Å²) in [5.74, 6) is -1.06. The van der Waals surface area contributed by atoms with Gasteiger partial charge >= 0.3 is 5.97 Å². The fraction of sp³-hybridized carbons (Fsp3) is 0.111. The predicted octanol–water partition coefficient (Wildman–Crippen LogP) is 3.90. The van der Waals surface area contributed by atoms with Crippen LogP contribution in [0.5, 0.6) is 10.8 Å². The molecule has 1 amide bonds. The van der Waals surface area contributed by atoms with Crippen LogP contribution in [-0.2, 0) is 0 Å². The van der Waals surface area contributed by atoms with Gasteiger partial charge in [0.25, 0.3) is 5.91 Å². The van der Waals surface area contributed by atoms with E-state index in [0.29, 0.717) is 11.3 Å². The smallest absolute Gasteiger partial charge is 0.346 e. The minimum Gasteiger partial charge on any atom is -0.477 e. The number of amides is 1. The van der Waals surface area contributed by atoms with Crippen molar-refractivity contribution in [3.05, 3.63) is 64.6 Å².